The lowest BCUT2D eigenvalue weighted by molar-refractivity contribution is -0.133. The molecule has 3 aliphatic carbocycles. The Hall–Kier alpha value is -1.63. The number of hydrogen-bond donors (Lipinski definition) is 0. The van der Waals surface area contributed by atoms with Crippen LogP contribution < -0.4 is 0 Å². The largest absolute Gasteiger partial charge is 0.295 e. The van der Waals surface area contributed by atoms with Crippen LogP contribution in [0.25, 0.3) is 6.08 Å². The molecule has 92 valence electrons. The molecule has 1 fully saturated rings. The second kappa shape index (κ2) is 3.94. The third-order valence-corrected chi connectivity index (χ3v) is 4.59. The molecule has 1 aromatic rings. The number of benzene rings is 1. The summed E-state index contributed by atoms with van der Waals surface area (Å²) in [6, 6.07) is 10.2. The van der Waals surface area contributed by atoms with E-state index in [2.05, 4.69) is 38.1 Å². The second-order valence-corrected chi connectivity index (χ2v) is 5.95. The molecular formula is C17H18O. The maximum atomic E-state index is 12.0. The molecule has 0 spiro atoms. The van der Waals surface area contributed by atoms with Gasteiger partial charge in [-0.15, -0.1) is 0 Å². The minimum Gasteiger partial charge on any atom is -0.295 e. The summed E-state index contributed by atoms with van der Waals surface area (Å²) in [6.07, 6.45) is 7.11. The van der Waals surface area contributed by atoms with E-state index in [4.69, 9.17) is 0 Å². The predicted octanol–water partition coefficient (Wildman–Crippen LogP) is 3.87. The van der Waals surface area contributed by atoms with Gasteiger partial charge in [-0.25, -0.2) is 0 Å². The molecule has 18 heavy (non-hydrogen) atoms. The molecule has 2 bridgehead atoms. The summed E-state index contributed by atoms with van der Waals surface area (Å²) >= 11 is 0. The first-order chi connectivity index (χ1) is 8.59. The zero-order chi connectivity index (χ0) is 12.8. The number of rotatable bonds is 2. The van der Waals surface area contributed by atoms with Crippen molar-refractivity contribution in [1.82, 2.24) is 0 Å². The maximum Gasteiger partial charge on any atom is 0.159 e. The van der Waals surface area contributed by atoms with Crippen LogP contribution in [0.15, 0.2) is 48.1 Å². The van der Waals surface area contributed by atoms with Crippen LogP contribution in [0.1, 0.15) is 25.8 Å². The second-order valence-electron chi connectivity index (χ2n) is 5.95. The van der Waals surface area contributed by atoms with E-state index in [9.17, 15) is 4.79 Å². The summed E-state index contributed by atoms with van der Waals surface area (Å²) in [5.74, 6) is 1.13. The fourth-order valence-electron chi connectivity index (χ4n) is 3.26. The molecule has 0 aliphatic heterocycles. The standard InChI is InChI=1S/C17H18O/c1-17(2)14-11-15(17)16(18)10-13(14)9-8-12-6-4-3-5-7-12/h3-10,14-15H,11H2,1-2H3/b9-8+/t14-,15+/m0/s1. The zero-order valence-corrected chi connectivity index (χ0v) is 10.9. The Balaban J connectivity index is 1.86. The van der Waals surface area contributed by atoms with Gasteiger partial charge in [0.05, 0.1) is 0 Å². The van der Waals surface area contributed by atoms with Crippen LogP contribution in [-0.4, -0.2) is 5.78 Å². The topological polar surface area (TPSA) is 17.1 Å². The van der Waals surface area contributed by atoms with Crippen molar-refractivity contribution in [2.24, 2.45) is 17.3 Å². The molecule has 0 heterocycles. The highest BCUT2D eigenvalue weighted by Crippen LogP contribution is 2.58. The van der Waals surface area contributed by atoms with Gasteiger partial charge in [0.2, 0.25) is 0 Å². The SMILES string of the molecule is CC1(C)[C@@H]2C[C@H]1C(/C=C/c1ccccc1)=CC2=O. The fraction of sp³-hybridized carbons (Fsp3) is 0.353. The summed E-state index contributed by atoms with van der Waals surface area (Å²) in [7, 11) is 0. The van der Waals surface area contributed by atoms with E-state index in [0.717, 1.165) is 6.42 Å². The molecule has 2 atom stereocenters. The van der Waals surface area contributed by atoms with Crippen molar-refractivity contribution in [2.75, 3.05) is 0 Å². The normalized spacial score (nSPS) is 29.0. The van der Waals surface area contributed by atoms with Gasteiger partial charge in [0.1, 0.15) is 0 Å². The van der Waals surface area contributed by atoms with E-state index >= 15 is 0 Å². The highest BCUT2D eigenvalue weighted by atomic mass is 16.1. The highest BCUT2D eigenvalue weighted by molar-refractivity contribution is 5.96. The van der Waals surface area contributed by atoms with Gasteiger partial charge in [0, 0.05) is 5.92 Å². The van der Waals surface area contributed by atoms with Crippen molar-refractivity contribution >= 4 is 11.9 Å². The lowest BCUT2D eigenvalue weighted by atomic mass is 9.48. The molecule has 0 amide bonds. The van der Waals surface area contributed by atoms with E-state index in [0.29, 0.717) is 11.7 Å². The summed E-state index contributed by atoms with van der Waals surface area (Å²) in [5, 5.41) is 0. The molecule has 3 aliphatic rings. The lowest BCUT2D eigenvalue weighted by Crippen LogP contribution is -2.52. The predicted molar refractivity (Wildman–Crippen MR) is 73.9 cm³/mol. The molecule has 0 N–H and O–H groups in total. The third kappa shape index (κ3) is 1.66. The monoisotopic (exact) mass is 238 g/mol. The molecule has 0 unspecified atom stereocenters. The van der Waals surface area contributed by atoms with Crippen LogP contribution in [0, 0.1) is 17.3 Å². The van der Waals surface area contributed by atoms with E-state index in [1.807, 2.05) is 24.3 Å². The van der Waals surface area contributed by atoms with E-state index in [1.165, 1.54) is 11.1 Å². The molecule has 4 rings (SSSR count). The van der Waals surface area contributed by atoms with Crippen molar-refractivity contribution in [1.29, 1.82) is 0 Å². The molecule has 0 aromatic heterocycles. The average molecular weight is 238 g/mol. The van der Waals surface area contributed by atoms with Gasteiger partial charge in [-0.3, -0.25) is 4.79 Å². The molecule has 1 saturated carbocycles. The maximum absolute atomic E-state index is 12.0. The van der Waals surface area contributed by atoms with Crippen molar-refractivity contribution in [2.45, 2.75) is 20.3 Å². The van der Waals surface area contributed by atoms with Crippen molar-refractivity contribution in [3.05, 3.63) is 53.6 Å². The molecule has 1 heteroatoms. The number of allylic oxidation sites excluding steroid dienone is 3. The van der Waals surface area contributed by atoms with Crippen molar-refractivity contribution in [3.8, 4) is 0 Å². The van der Waals surface area contributed by atoms with Gasteiger partial charge in [-0.1, -0.05) is 56.3 Å². The molecule has 1 aromatic carbocycles. The quantitative estimate of drug-likeness (QED) is 0.764. The van der Waals surface area contributed by atoms with Crippen molar-refractivity contribution in [3.63, 3.8) is 0 Å². The minimum absolute atomic E-state index is 0.155. The lowest BCUT2D eigenvalue weighted by Gasteiger charge is -2.54. The highest BCUT2D eigenvalue weighted by Gasteiger charge is 2.54. The van der Waals surface area contributed by atoms with Crippen molar-refractivity contribution < 1.29 is 4.79 Å². The molecule has 0 radical (unpaired) electrons. The van der Waals surface area contributed by atoms with E-state index in [-0.39, 0.29) is 11.3 Å². The van der Waals surface area contributed by atoms with Gasteiger partial charge >= 0.3 is 0 Å². The summed E-state index contributed by atoms with van der Waals surface area (Å²) in [5.41, 5.74) is 2.55. The number of ketones is 1. The minimum atomic E-state index is 0.155. The van der Waals surface area contributed by atoms with Crippen LogP contribution >= 0.6 is 0 Å². The smallest absolute Gasteiger partial charge is 0.159 e. The van der Waals surface area contributed by atoms with Crippen LogP contribution in [0.2, 0.25) is 0 Å². The fourth-order valence-corrected chi connectivity index (χ4v) is 3.26. The summed E-state index contributed by atoms with van der Waals surface area (Å²) < 4.78 is 0. The third-order valence-electron chi connectivity index (χ3n) is 4.59. The number of fused-ring (bicyclic) bond motifs is 1. The van der Waals surface area contributed by atoms with Gasteiger partial charge < -0.3 is 0 Å². The number of carbonyl (C=O) groups excluding carboxylic acids is 1. The Bertz CT molecular complexity index is 534. The Morgan fingerprint density at radius 2 is 1.83 bits per heavy atom. The first-order valence-electron chi connectivity index (χ1n) is 6.57. The average Bonchev–Trinajstić information content (AvgIpc) is 2.36. The van der Waals surface area contributed by atoms with Gasteiger partial charge in [0.15, 0.2) is 5.78 Å². The molecular weight excluding hydrogens is 220 g/mol. The zero-order valence-electron chi connectivity index (χ0n) is 10.9. The van der Waals surface area contributed by atoms with Crippen LogP contribution in [-0.2, 0) is 4.79 Å². The van der Waals surface area contributed by atoms with Gasteiger partial charge in [0.25, 0.3) is 0 Å². The Morgan fingerprint density at radius 1 is 1.11 bits per heavy atom. The summed E-state index contributed by atoms with van der Waals surface area (Å²) in [4.78, 5) is 12.0. The molecule has 0 saturated heterocycles. The van der Waals surface area contributed by atoms with Crippen LogP contribution in [0.4, 0.5) is 0 Å². The van der Waals surface area contributed by atoms with Crippen LogP contribution in [0.5, 0.6) is 0 Å². The van der Waals surface area contributed by atoms with Gasteiger partial charge in [-0.2, -0.15) is 0 Å². The van der Waals surface area contributed by atoms with Gasteiger partial charge in [-0.05, 0) is 35.0 Å². The van der Waals surface area contributed by atoms with E-state index < -0.39 is 0 Å². The Kier molecular flexibility index (Phi) is 2.51. The molecule has 1 nitrogen and oxygen atoms in total. The number of hydrogen-bond acceptors (Lipinski definition) is 1. The summed E-state index contributed by atoms with van der Waals surface area (Å²) in [6.45, 7) is 4.43. The number of carbonyl (C=O) groups is 1. The van der Waals surface area contributed by atoms with E-state index in [1.54, 1.807) is 0 Å². The Labute approximate surface area is 108 Å². The Morgan fingerprint density at radius 3 is 2.44 bits per heavy atom. The first-order valence-corrected chi connectivity index (χ1v) is 6.57. The first kappa shape index (κ1) is 11.5. The van der Waals surface area contributed by atoms with Crippen LogP contribution in [0.3, 0.4) is 0 Å².